The summed E-state index contributed by atoms with van der Waals surface area (Å²) in [7, 11) is 0. The van der Waals surface area contributed by atoms with E-state index >= 15 is 0 Å². The third kappa shape index (κ3) is 4.74. The third-order valence-electron chi connectivity index (χ3n) is 11.6. The second kappa shape index (κ2) is 10.5. The van der Waals surface area contributed by atoms with Gasteiger partial charge < -0.3 is 23.7 Å². The monoisotopic (exact) mass is 542 g/mol. The number of rotatable bonds is 5. The van der Waals surface area contributed by atoms with E-state index in [-0.39, 0.29) is 34.4 Å². The number of hydrogen-bond donors (Lipinski definition) is 1. The molecule has 1 radical (unpaired) electrons. The van der Waals surface area contributed by atoms with Gasteiger partial charge in [0.2, 0.25) is 0 Å². The van der Waals surface area contributed by atoms with Gasteiger partial charge in [-0.2, -0.15) is 0 Å². The van der Waals surface area contributed by atoms with Crippen LogP contribution in [-0.2, 0) is 14.2 Å². The lowest BCUT2D eigenvalue weighted by molar-refractivity contribution is -0.205. The minimum Gasteiger partial charge on any atom is -0.433 e. The Morgan fingerprint density at radius 1 is 1.10 bits per heavy atom. The van der Waals surface area contributed by atoms with Crippen LogP contribution in [0.5, 0.6) is 0 Å². The average Bonchev–Trinajstić information content (AvgIpc) is 3.21. The SMILES string of the molecule is C[C@]12CC[C@H](OC(=O)OCCN3CCOCC3)C[C@H]1CC[C@@H]1[C@@H]2CC[C@]2(C)[C@@H](c3ccc(=O)oc3)[CH]C[C@]12O. The molecule has 1 saturated heterocycles. The molecule has 0 unspecified atom stereocenters. The summed E-state index contributed by atoms with van der Waals surface area (Å²) < 4.78 is 21.8. The lowest BCUT2D eigenvalue weighted by Crippen LogP contribution is -2.62. The predicted octanol–water partition coefficient (Wildman–Crippen LogP) is 4.55. The molecule has 2 heterocycles. The molecule has 8 nitrogen and oxygen atoms in total. The summed E-state index contributed by atoms with van der Waals surface area (Å²) in [6.07, 6.45) is 10.7. The van der Waals surface area contributed by atoms with Crippen molar-refractivity contribution in [2.75, 3.05) is 39.5 Å². The van der Waals surface area contributed by atoms with Crippen molar-refractivity contribution in [1.29, 1.82) is 0 Å². The topological polar surface area (TPSA) is 98.4 Å². The minimum atomic E-state index is -0.762. The maximum atomic E-state index is 12.4. The summed E-state index contributed by atoms with van der Waals surface area (Å²) in [6, 6.07) is 3.35. The van der Waals surface area contributed by atoms with E-state index in [9.17, 15) is 14.7 Å². The summed E-state index contributed by atoms with van der Waals surface area (Å²) in [4.78, 5) is 26.2. The number of nitrogens with zero attached hydrogens (tertiary/aromatic N) is 1. The zero-order valence-electron chi connectivity index (χ0n) is 23.4. The first-order chi connectivity index (χ1) is 18.7. The van der Waals surface area contributed by atoms with Crippen LogP contribution in [0, 0.1) is 35.0 Å². The van der Waals surface area contributed by atoms with Crippen molar-refractivity contribution in [3.63, 3.8) is 0 Å². The molecule has 0 aromatic carbocycles. The maximum Gasteiger partial charge on any atom is 0.508 e. The summed E-state index contributed by atoms with van der Waals surface area (Å²) in [6.45, 7) is 8.95. The Morgan fingerprint density at radius 3 is 2.69 bits per heavy atom. The molecule has 215 valence electrons. The Kier molecular flexibility index (Phi) is 7.34. The van der Waals surface area contributed by atoms with Crippen molar-refractivity contribution in [2.24, 2.45) is 28.6 Å². The lowest BCUT2D eigenvalue weighted by atomic mass is 9.43. The van der Waals surface area contributed by atoms with Crippen LogP contribution in [0.3, 0.4) is 0 Å². The van der Waals surface area contributed by atoms with Crippen LogP contribution in [0.4, 0.5) is 4.79 Å². The smallest absolute Gasteiger partial charge is 0.433 e. The van der Waals surface area contributed by atoms with Crippen LogP contribution < -0.4 is 5.63 Å². The lowest BCUT2D eigenvalue weighted by Gasteiger charge is -2.63. The summed E-state index contributed by atoms with van der Waals surface area (Å²) >= 11 is 0. The first-order valence-electron chi connectivity index (χ1n) is 15.0. The van der Waals surface area contributed by atoms with Crippen LogP contribution in [0.25, 0.3) is 0 Å². The molecule has 5 aliphatic rings. The molecule has 1 aliphatic heterocycles. The molecule has 4 aliphatic carbocycles. The number of carbonyl (C=O) groups is 1. The first kappa shape index (κ1) is 27.3. The highest BCUT2D eigenvalue weighted by Crippen LogP contribution is 2.70. The van der Waals surface area contributed by atoms with Gasteiger partial charge in [-0.05, 0) is 98.5 Å². The van der Waals surface area contributed by atoms with Gasteiger partial charge in [0.05, 0.1) is 25.1 Å². The maximum absolute atomic E-state index is 12.4. The van der Waals surface area contributed by atoms with Gasteiger partial charge in [-0.1, -0.05) is 13.8 Å². The fourth-order valence-electron chi connectivity index (χ4n) is 9.33. The highest BCUT2D eigenvalue weighted by Gasteiger charge is 2.67. The Balaban J connectivity index is 1.07. The standard InChI is InChI=1S/C31H44NO7/c1-29-10-7-23(39-28(34)37-18-15-32-13-16-36-17-14-32)19-22(29)4-5-26-25(29)8-11-30(2)24(9-12-31(26,30)35)21-3-6-27(33)38-20-21/h3,6,9,20,22-26,35H,4-5,7-8,10-19H2,1-2H3/t22-,23+,24-,25+,26-,29+,30-,31+/m1/s1. The Labute approximate surface area is 231 Å². The second-order valence-electron chi connectivity index (χ2n) is 13.2. The normalized spacial score (nSPS) is 42.2. The molecule has 8 atom stereocenters. The van der Waals surface area contributed by atoms with Crippen molar-refractivity contribution in [2.45, 2.75) is 82.8 Å². The van der Waals surface area contributed by atoms with Crippen molar-refractivity contribution in [1.82, 2.24) is 4.90 Å². The van der Waals surface area contributed by atoms with E-state index in [4.69, 9.17) is 18.6 Å². The van der Waals surface area contributed by atoms with Crippen LogP contribution in [0.15, 0.2) is 27.6 Å². The molecule has 0 spiro atoms. The number of hydrogen-bond acceptors (Lipinski definition) is 8. The van der Waals surface area contributed by atoms with Crippen molar-refractivity contribution in [3.05, 3.63) is 40.8 Å². The number of morpholine rings is 1. The minimum absolute atomic E-state index is 0.0803. The molecular weight excluding hydrogens is 498 g/mol. The van der Waals surface area contributed by atoms with Gasteiger partial charge in [0, 0.05) is 31.1 Å². The summed E-state index contributed by atoms with van der Waals surface area (Å²) in [5.74, 6) is 1.27. The molecule has 39 heavy (non-hydrogen) atoms. The van der Waals surface area contributed by atoms with Gasteiger partial charge in [0.1, 0.15) is 12.7 Å². The zero-order valence-corrected chi connectivity index (χ0v) is 23.4. The third-order valence-corrected chi connectivity index (χ3v) is 11.6. The van der Waals surface area contributed by atoms with Gasteiger partial charge in [0.25, 0.3) is 0 Å². The molecule has 0 bridgehead atoms. The molecular formula is C31H44NO7. The van der Waals surface area contributed by atoms with Gasteiger partial charge in [-0.3, -0.25) is 4.90 Å². The molecule has 1 N–H and O–H groups in total. The number of ether oxygens (including phenoxy) is 3. The van der Waals surface area contributed by atoms with Gasteiger partial charge in [-0.25, -0.2) is 9.59 Å². The number of aliphatic hydroxyl groups is 1. The number of carbonyl (C=O) groups excluding carboxylic acids is 1. The Bertz CT molecular complexity index is 1080. The van der Waals surface area contributed by atoms with E-state index in [1.54, 1.807) is 6.26 Å². The van der Waals surface area contributed by atoms with Crippen molar-refractivity contribution in [3.8, 4) is 0 Å². The van der Waals surface area contributed by atoms with E-state index in [0.29, 0.717) is 31.4 Å². The fraction of sp³-hybridized carbons (Fsp3) is 0.774. The highest BCUT2D eigenvalue weighted by atomic mass is 16.7. The van der Waals surface area contributed by atoms with E-state index in [1.807, 2.05) is 6.07 Å². The molecule has 0 amide bonds. The molecule has 1 aromatic rings. The van der Waals surface area contributed by atoms with Crippen LogP contribution in [0.1, 0.15) is 76.7 Å². The average molecular weight is 543 g/mol. The predicted molar refractivity (Wildman–Crippen MR) is 144 cm³/mol. The van der Waals surface area contributed by atoms with Crippen molar-refractivity contribution < 1.29 is 28.5 Å². The summed E-state index contributed by atoms with van der Waals surface area (Å²) in [5.41, 5.74) is -0.253. The van der Waals surface area contributed by atoms with Crippen molar-refractivity contribution >= 4 is 6.16 Å². The van der Waals surface area contributed by atoms with E-state index in [1.165, 1.54) is 6.07 Å². The second-order valence-corrected chi connectivity index (χ2v) is 13.2. The van der Waals surface area contributed by atoms with Gasteiger partial charge in [0.15, 0.2) is 0 Å². The van der Waals surface area contributed by atoms with Crippen LogP contribution in [0.2, 0.25) is 0 Å². The first-order valence-corrected chi connectivity index (χ1v) is 15.0. The van der Waals surface area contributed by atoms with Crippen LogP contribution in [-0.4, -0.2) is 67.3 Å². The fourth-order valence-corrected chi connectivity index (χ4v) is 9.33. The Morgan fingerprint density at radius 2 is 1.92 bits per heavy atom. The molecule has 5 fully saturated rings. The van der Waals surface area contributed by atoms with E-state index in [2.05, 4.69) is 25.2 Å². The van der Waals surface area contributed by atoms with E-state index < -0.39 is 11.8 Å². The number of fused-ring (bicyclic) bond motifs is 5. The molecule has 6 rings (SSSR count). The van der Waals surface area contributed by atoms with Gasteiger partial charge in [-0.15, -0.1) is 0 Å². The van der Waals surface area contributed by atoms with Crippen LogP contribution >= 0.6 is 0 Å². The largest absolute Gasteiger partial charge is 0.508 e. The molecule has 8 heteroatoms. The molecule has 1 aromatic heterocycles. The van der Waals surface area contributed by atoms with E-state index in [0.717, 1.165) is 76.8 Å². The molecule has 4 saturated carbocycles. The zero-order chi connectivity index (χ0) is 27.3. The quantitative estimate of drug-likeness (QED) is 0.541. The Hall–Kier alpha value is -1.90. The summed E-state index contributed by atoms with van der Waals surface area (Å²) in [5, 5.41) is 12.4. The van der Waals surface area contributed by atoms with Gasteiger partial charge >= 0.3 is 11.8 Å². The highest BCUT2D eigenvalue weighted by molar-refractivity contribution is 5.60.